The number of carbonyl (C=O) groups is 3. The van der Waals surface area contributed by atoms with Gasteiger partial charge in [-0.2, -0.15) is 0 Å². The van der Waals surface area contributed by atoms with Gasteiger partial charge in [0.1, 0.15) is 11.8 Å². The maximum absolute atomic E-state index is 15.0. The van der Waals surface area contributed by atoms with Gasteiger partial charge in [-0.3, -0.25) is 14.4 Å². The molecular weight excluding hydrogens is 634 g/mol. The summed E-state index contributed by atoms with van der Waals surface area (Å²) >= 11 is 7.81. The molecule has 0 saturated carbocycles. The van der Waals surface area contributed by atoms with Gasteiger partial charge in [0.05, 0.1) is 35.8 Å². The van der Waals surface area contributed by atoms with Crippen molar-refractivity contribution in [2.24, 2.45) is 17.8 Å². The van der Waals surface area contributed by atoms with Crippen molar-refractivity contribution in [3.63, 3.8) is 0 Å². The molecule has 3 heterocycles. The number of amides is 3. The lowest BCUT2D eigenvalue weighted by atomic mass is 9.66. The second-order valence-electron chi connectivity index (χ2n) is 13.3. The highest BCUT2D eigenvalue weighted by Gasteiger charge is 2.78. The number of fused-ring (bicyclic) bond motifs is 1. The van der Waals surface area contributed by atoms with Crippen molar-refractivity contribution in [2.45, 2.75) is 68.5 Å². The van der Waals surface area contributed by atoms with Gasteiger partial charge >= 0.3 is 0 Å². The molecule has 2 aromatic carbocycles. The van der Waals surface area contributed by atoms with E-state index in [1.54, 1.807) is 62.9 Å². The number of carbonyl (C=O) groups excluding carboxylic acids is 3. The minimum absolute atomic E-state index is 0.163. The van der Waals surface area contributed by atoms with Crippen LogP contribution in [0.5, 0.6) is 5.75 Å². The summed E-state index contributed by atoms with van der Waals surface area (Å²) in [5.41, 5.74) is 1.33. The largest absolute Gasteiger partial charge is 0.494 e. The second-order valence-corrected chi connectivity index (χ2v) is 15.7. The number of ether oxygens (including phenoxy) is 1. The fraction of sp³-hybridized carbons (Fsp3) is 0.486. The summed E-state index contributed by atoms with van der Waals surface area (Å²) in [6.07, 6.45) is 5.15. The normalized spacial score (nSPS) is 26.7. The van der Waals surface area contributed by atoms with Crippen LogP contribution in [-0.2, 0) is 14.4 Å². The highest BCUT2D eigenvalue weighted by molar-refractivity contribution is 8.02. The maximum Gasteiger partial charge on any atom is 0.251 e. The van der Waals surface area contributed by atoms with Crippen LogP contribution < -0.4 is 14.5 Å². The molecule has 8 nitrogen and oxygen atoms in total. The van der Waals surface area contributed by atoms with E-state index in [-0.39, 0.29) is 43.3 Å². The molecule has 2 bridgehead atoms. The van der Waals surface area contributed by atoms with E-state index in [2.05, 4.69) is 20.1 Å². The van der Waals surface area contributed by atoms with Gasteiger partial charge < -0.3 is 24.5 Å². The zero-order valence-electron chi connectivity index (χ0n) is 27.7. The molecule has 2 unspecified atom stereocenters. The molecule has 0 aromatic heterocycles. The van der Waals surface area contributed by atoms with E-state index >= 15 is 0 Å². The summed E-state index contributed by atoms with van der Waals surface area (Å²) in [4.78, 5) is 49.7. The first-order chi connectivity index (χ1) is 22.5. The van der Waals surface area contributed by atoms with Gasteiger partial charge in [-0.1, -0.05) is 37.6 Å². The lowest BCUT2D eigenvalue weighted by Crippen LogP contribution is -2.58. The van der Waals surface area contributed by atoms with Crippen LogP contribution >= 0.6 is 23.4 Å². The second kappa shape index (κ2) is 14.1. The Labute approximate surface area is 287 Å². The molecule has 3 saturated heterocycles. The molecule has 3 fully saturated rings. The van der Waals surface area contributed by atoms with Crippen LogP contribution in [0.25, 0.3) is 0 Å². The minimum atomic E-state index is -0.880. The summed E-state index contributed by atoms with van der Waals surface area (Å²) in [5.74, 6) is -1.20. The number of benzene rings is 2. The molecule has 252 valence electrons. The van der Waals surface area contributed by atoms with Gasteiger partial charge in [0.25, 0.3) is 5.91 Å². The molecule has 1 spiro atoms. The Morgan fingerprint density at radius 3 is 2.15 bits per heavy atom. The SMILES string of the molecule is C=CCN(C(=O)C1N([C@@H](CO)CC(C)C)C(=O)[C@@H]2[C@@H](C(=O)N(CC=C)c3ccc(OCC)cc3)[C@@]3(C)CCC12S3)c1ccc(Cl)cc1. The van der Waals surface area contributed by atoms with E-state index in [0.29, 0.717) is 48.0 Å². The number of halogens is 1. The van der Waals surface area contributed by atoms with Gasteiger partial charge in [0.15, 0.2) is 0 Å². The van der Waals surface area contributed by atoms with Crippen LogP contribution in [0.2, 0.25) is 5.02 Å². The molecule has 1 N–H and O–H groups in total. The molecule has 2 aromatic rings. The Bertz CT molecular complexity index is 1500. The molecule has 0 aliphatic carbocycles. The Balaban J connectivity index is 1.61. The molecule has 5 rings (SSSR count). The number of thioether (sulfide) groups is 1. The summed E-state index contributed by atoms with van der Waals surface area (Å²) in [6.45, 7) is 16.6. The van der Waals surface area contributed by atoms with Crippen molar-refractivity contribution < 1.29 is 24.2 Å². The monoisotopic (exact) mass is 679 g/mol. The van der Waals surface area contributed by atoms with Gasteiger partial charge in [-0.05, 0) is 87.6 Å². The van der Waals surface area contributed by atoms with E-state index < -0.39 is 33.4 Å². The first kappa shape index (κ1) is 35.0. The summed E-state index contributed by atoms with van der Waals surface area (Å²) in [5, 5.41) is 11.3. The standard InChI is InChI=1S/C37H46ClN3O5S/c1-7-20-39(27-14-16-29(17-15-27)46-9-3)33(43)30-31-34(44)41(28(23-42)22-24(4)5)32(37(31)19-18-36(30,6)47-37)35(45)40(21-8-2)26-12-10-25(38)11-13-26/h7-8,10-17,24,28,30-32,42H,1-2,9,18-23H2,3-6H3/t28-,30+,31+,32?,36-,37?/m1/s1. The van der Waals surface area contributed by atoms with Crippen molar-refractivity contribution in [1.29, 1.82) is 0 Å². The van der Waals surface area contributed by atoms with Crippen LogP contribution in [0, 0.1) is 17.8 Å². The Morgan fingerprint density at radius 1 is 1.04 bits per heavy atom. The lowest BCUT2D eigenvalue weighted by molar-refractivity contribution is -0.142. The summed E-state index contributed by atoms with van der Waals surface area (Å²) < 4.78 is 4.21. The molecule has 3 aliphatic rings. The Hall–Kier alpha value is -3.27. The maximum atomic E-state index is 15.0. The average Bonchev–Trinajstić information content (AvgIpc) is 3.62. The van der Waals surface area contributed by atoms with Crippen molar-refractivity contribution in [2.75, 3.05) is 36.1 Å². The quantitative estimate of drug-likeness (QED) is 0.234. The van der Waals surface area contributed by atoms with Crippen LogP contribution in [0.3, 0.4) is 0 Å². The van der Waals surface area contributed by atoms with Crippen molar-refractivity contribution >= 4 is 52.5 Å². The number of likely N-dealkylation sites (tertiary alicyclic amines) is 1. The van der Waals surface area contributed by atoms with E-state index in [9.17, 15) is 19.5 Å². The van der Waals surface area contributed by atoms with Crippen LogP contribution in [-0.4, -0.2) is 75.6 Å². The van der Waals surface area contributed by atoms with Gasteiger partial charge in [-0.25, -0.2) is 0 Å². The molecule has 0 radical (unpaired) electrons. The number of aliphatic hydroxyl groups excluding tert-OH is 1. The lowest BCUT2D eigenvalue weighted by Gasteiger charge is -2.40. The van der Waals surface area contributed by atoms with E-state index in [4.69, 9.17) is 16.3 Å². The fourth-order valence-electron chi connectivity index (χ4n) is 7.96. The van der Waals surface area contributed by atoms with Crippen LogP contribution in [0.15, 0.2) is 73.8 Å². The highest BCUT2D eigenvalue weighted by Crippen LogP contribution is 2.72. The number of hydrogen-bond acceptors (Lipinski definition) is 6. The molecule has 3 amide bonds. The number of anilines is 2. The van der Waals surface area contributed by atoms with Gasteiger partial charge in [0.2, 0.25) is 11.8 Å². The highest BCUT2D eigenvalue weighted by atomic mass is 35.5. The average molecular weight is 680 g/mol. The van der Waals surface area contributed by atoms with Crippen molar-refractivity contribution in [3.05, 3.63) is 78.9 Å². The summed E-state index contributed by atoms with van der Waals surface area (Å²) in [7, 11) is 0. The smallest absolute Gasteiger partial charge is 0.251 e. The Kier molecular flexibility index (Phi) is 10.5. The van der Waals surface area contributed by atoms with E-state index in [0.717, 1.165) is 0 Å². The van der Waals surface area contributed by atoms with E-state index in [1.807, 2.05) is 45.0 Å². The Morgan fingerprint density at radius 2 is 1.62 bits per heavy atom. The summed E-state index contributed by atoms with van der Waals surface area (Å²) in [6, 6.07) is 12.9. The van der Waals surface area contributed by atoms with E-state index in [1.165, 1.54) is 0 Å². The minimum Gasteiger partial charge on any atom is -0.494 e. The predicted octanol–water partition coefficient (Wildman–Crippen LogP) is 6.37. The zero-order chi connectivity index (χ0) is 34.1. The zero-order valence-corrected chi connectivity index (χ0v) is 29.3. The topological polar surface area (TPSA) is 90.4 Å². The van der Waals surface area contributed by atoms with Crippen LogP contribution in [0.1, 0.15) is 47.0 Å². The van der Waals surface area contributed by atoms with Crippen LogP contribution in [0.4, 0.5) is 11.4 Å². The molecular formula is C37H46ClN3O5S. The predicted molar refractivity (Wildman–Crippen MR) is 190 cm³/mol. The molecule has 47 heavy (non-hydrogen) atoms. The molecule has 10 heteroatoms. The fourth-order valence-corrected chi connectivity index (χ4v) is 10.4. The molecule has 3 aliphatic heterocycles. The third-order valence-corrected chi connectivity index (χ3v) is 12.1. The third kappa shape index (κ3) is 6.22. The third-order valence-electron chi connectivity index (χ3n) is 9.82. The number of nitrogens with zero attached hydrogens (tertiary/aromatic N) is 3. The number of hydrogen-bond donors (Lipinski definition) is 1. The van der Waals surface area contributed by atoms with Crippen molar-refractivity contribution in [1.82, 2.24) is 4.90 Å². The number of aliphatic hydroxyl groups is 1. The first-order valence-electron chi connectivity index (χ1n) is 16.4. The van der Waals surface area contributed by atoms with Gasteiger partial charge in [0, 0.05) is 34.2 Å². The van der Waals surface area contributed by atoms with Crippen molar-refractivity contribution in [3.8, 4) is 5.75 Å². The number of rotatable bonds is 14. The first-order valence-corrected chi connectivity index (χ1v) is 17.6. The van der Waals surface area contributed by atoms with Gasteiger partial charge in [-0.15, -0.1) is 24.9 Å². The molecule has 6 atom stereocenters.